The number of aryl methyl sites for hydroxylation is 2. The van der Waals surface area contributed by atoms with Crippen molar-refractivity contribution in [3.8, 4) is 12.3 Å². The molecule has 4 heteroatoms. The van der Waals surface area contributed by atoms with Gasteiger partial charge < -0.3 is 9.64 Å². The minimum absolute atomic E-state index is 0.481. The molecule has 24 heavy (non-hydrogen) atoms. The molecule has 0 atom stereocenters. The van der Waals surface area contributed by atoms with E-state index in [1.165, 1.54) is 18.2 Å². The molecule has 0 radical (unpaired) electrons. The second-order valence-corrected chi connectivity index (χ2v) is 5.66. The van der Waals surface area contributed by atoms with E-state index in [-0.39, 0.29) is 0 Å². The van der Waals surface area contributed by atoms with Crippen molar-refractivity contribution >= 4 is 17.5 Å². The van der Waals surface area contributed by atoms with E-state index in [0.717, 1.165) is 23.5 Å². The second kappa shape index (κ2) is 8.07. The van der Waals surface area contributed by atoms with Crippen LogP contribution in [0.15, 0.2) is 42.5 Å². The number of hydrogen-bond donors (Lipinski definition) is 1. The van der Waals surface area contributed by atoms with Gasteiger partial charge in [0.05, 0.1) is 13.7 Å². The number of terminal acetylenes is 1. The molecule has 0 aliphatic rings. The maximum atomic E-state index is 11.4. The van der Waals surface area contributed by atoms with Crippen molar-refractivity contribution in [2.75, 3.05) is 23.9 Å². The molecule has 2 rings (SSSR count). The number of carbonyl (C=O) groups is 1. The SMILES string of the molecule is C#CCN(Cc1ccc(C)cc1)c1ccc(NC(=O)OC)c(C)c1. The van der Waals surface area contributed by atoms with E-state index >= 15 is 0 Å². The van der Waals surface area contributed by atoms with Crippen LogP contribution in [0.25, 0.3) is 0 Å². The molecule has 1 N–H and O–H groups in total. The van der Waals surface area contributed by atoms with Crippen molar-refractivity contribution in [1.82, 2.24) is 0 Å². The van der Waals surface area contributed by atoms with Crippen molar-refractivity contribution < 1.29 is 9.53 Å². The molecule has 2 aromatic carbocycles. The van der Waals surface area contributed by atoms with Gasteiger partial charge in [0.2, 0.25) is 0 Å². The summed E-state index contributed by atoms with van der Waals surface area (Å²) >= 11 is 0. The molecular weight excluding hydrogens is 300 g/mol. The summed E-state index contributed by atoms with van der Waals surface area (Å²) in [5.41, 5.74) is 5.12. The molecule has 0 bridgehead atoms. The number of hydrogen-bond acceptors (Lipinski definition) is 3. The van der Waals surface area contributed by atoms with Gasteiger partial charge in [0.15, 0.2) is 0 Å². The van der Waals surface area contributed by atoms with Gasteiger partial charge in [-0.2, -0.15) is 0 Å². The number of anilines is 2. The van der Waals surface area contributed by atoms with Crippen LogP contribution in [0.4, 0.5) is 16.2 Å². The highest BCUT2D eigenvalue weighted by Crippen LogP contribution is 2.24. The van der Waals surface area contributed by atoms with Crippen molar-refractivity contribution in [2.45, 2.75) is 20.4 Å². The summed E-state index contributed by atoms with van der Waals surface area (Å²) in [7, 11) is 1.34. The van der Waals surface area contributed by atoms with Crippen molar-refractivity contribution in [3.63, 3.8) is 0 Å². The molecule has 0 aliphatic carbocycles. The Kier molecular flexibility index (Phi) is 5.86. The zero-order valence-electron chi connectivity index (χ0n) is 14.3. The standard InChI is InChI=1S/C20H22N2O2/c1-5-12-22(14-17-8-6-15(2)7-9-17)18-10-11-19(16(3)13-18)21-20(23)24-4/h1,6-11,13H,12,14H2,2-4H3,(H,21,23). The largest absolute Gasteiger partial charge is 0.453 e. The van der Waals surface area contributed by atoms with E-state index in [0.29, 0.717) is 6.54 Å². The fourth-order valence-electron chi connectivity index (χ4n) is 2.41. The highest BCUT2D eigenvalue weighted by molar-refractivity contribution is 5.86. The van der Waals surface area contributed by atoms with Gasteiger partial charge in [0.1, 0.15) is 0 Å². The van der Waals surface area contributed by atoms with Crippen LogP contribution in [0.3, 0.4) is 0 Å². The maximum Gasteiger partial charge on any atom is 0.411 e. The quantitative estimate of drug-likeness (QED) is 0.842. The molecule has 124 valence electrons. The molecule has 0 saturated heterocycles. The second-order valence-electron chi connectivity index (χ2n) is 5.66. The number of nitrogens with zero attached hydrogens (tertiary/aromatic N) is 1. The zero-order chi connectivity index (χ0) is 17.5. The monoisotopic (exact) mass is 322 g/mol. The Balaban J connectivity index is 2.21. The van der Waals surface area contributed by atoms with Crippen molar-refractivity contribution in [2.24, 2.45) is 0 Å². The Morgan fingerprint density at radius 3 is 2.50 bits per heavy atom. The Bertz CT molecular complexity index is 745. The lowest BCUT2D eigenvalue weighted by molar-refractivity contribution is 0.187. The summed E-state index contributed by atoms with van der Waals surface area (Å²) in [6, 6.07) is 14.2. The zero-order valence-corrected chi connectivity index (χ0v) is 14.3. The van der Waals surface area contributed by atoms with Crippen LogP contribution in [0, 0.1) is 26.2 Å². The molecule has 1 amide bonds. The highest BCUT2D eigenvalue weighted by Gasteiger charge is 2.10. The van der Waals surface area contributed by atoms with Crippen LogP contribution in [0.5, 0.6) is 0 Å². The molecular formula is C20H22N2O2. The fraction of sp³-hybridized carbons (Fsp3) is 0.250. The van der Waals surface area contributed by atoms with Gasteiger partial charge in [0.25, 0.3) is 0 Å². The molecule has 0 aromatic heterocycles. The minimum Gasteiger partial charge on any atom is -0.453 e. The molecule has 0 fully saturated rings. The number of benzene rings is 2. The van der Waals surface area contributed by atoms with Crippen LogP contribution < -0.4 is 10.2 Å². The van der Waals surface area contributed by atoms with E-state index < -0.39 is 6.09 Å². The third kappa shape index (κ3) is 4.53. The smallest absolute Gasteiger partial charge is 0.411 e. The molecule has 4 nitrogen and oxygen atoms in total. The highest BCUT2D eigenvalue weighted by atomic mass is 16.5. The Morgan fingerprint density at radius 2 is 1.92 bits per heavy atom. The number of rotatable bonds is 5. The molecule has 0 heterocycles. The summed E-state index contributed by atoms with van der Waals surface area (Å²) in [6.07, 6.45) is 5.05. The van der Waals surface area contributed by atoms with Crippen LogP contribution in [-0.4, -0.2) is 19.7 Å². The van der Waals surface area contributed by atoms with E-state index in [4.69, 9.17) is 6.42 Å². The van der Waals surface area contributed by atoms with Gasteiger partial charge in [-0.15, -0.1) is 6.42 Å². The van der Waals surface area contributed by atoms with Gasteiger partial charge in [0, 0.05) is 17.9 Å². The Morgan fingerprint density at radius 1 is 1.21 bits per heavy atom. The van der Waals surface area contributed by atoms with Crippen molar-refractivity contribution in [3.05, 3.63) is 59.2 Å². The van der Waals surface area contributed by atoms with E-state index in [1.54, 1.807) is 0 Å². The summed E-state index contributed by atoms with van der Waals surface area (Å²) < 4.78 is 4.63. The van der Waals surface area contributed by atoms with Crippen molar-refractivity contribution in [1.29, 1.82) is 0 Å². The first kappa shape index (κ1) is 17.4. The van der Waals surface area contributed by atoms with Crippen LogP contribution in [-0.2, 0) is 11.3 Å². The Hall–Kier alpha value is -2.93. The Labute approximate surface area is 143 Å². The molecule has 0 spiro atoms. The van der Waals surface area contributed by atoms with Gasteiger partial charge in [-0.1, -0.05) is 35.7 Å². The molecule has 0 saturated carbocycles. The average Bonchev–Trinajstić information content (AvgIpc) is 2.58. The fourth-order valence-corrected chi connectivity index (χ4v) is 2.41. The van der Waals surface area contributed by atoms with E-state index in [9.17, 15) is 4.79 Å². The lowest BCUT2D eigenvalue weighted by atomic mass is 10.1. The predicted molar refractivity (Wildman–Crippen MR) is 98.3 cm³/mol. The summed E-state index contributed by atoms with van der Waals surface area (Å²) in [4.78, 5) is 13.5. The van der Waals surface area contributed by atoms with Crippen LogP contribution >= 0.6 is 0 Å². The third-order valence-corrected chi connectivity index (χ3v) is 3.77. The van der Waals surface area contributed by atoms with Gasteiger partial charge in [-0.25, -0.2) is 4.79 Å². The topological polar surface area (TPSA) is 41.6 Å². The number of amides is 1. The minimum atomic E-state index is -0.481. The van der Waals surface area contributed by atoms with Gasteiger partial charge in [-0.05, 0) is 43.2 Å². The number of methoxy groups -OCH3 is 1. The lowest BCUT2D eigenvalue weighted by Crippen LogP contribution is -2.23. The third-order valence-electron chi connectivity index (χ3n) is 3.77. The van der Waals surface area contributed by atoms with Gasteiger partial charge >= 0.3 is 6.09 Å². The van der Waals surface area contributed by atoms with Crippen LogP contribution in [0.2, 0.25) is 0 Å². The van der Waals surface area contributed by atoms with Crippen LogP contribution in [0.1, 0.15) is 16.7 Å². The van der Waals surface area contributed by atoms with E-state index in [1.807, 2.05) is 25.1 Å². The first-order valence-corrected chi connectivity index (χ1v) is 7.73. The van der Waals surface area contributed by atoms with Gasteiger partial charge in [-0.3, -0.25) is 5.32 Å². The first-order valence-electron chi connectivity index (χ1n) is 7.73. The average molecular weight is 322 g/mol. The molecule has 0 unspecified atom stereocenters. The number of ether oxygens (including phenoxy) is 1. The van der Waals surface area contributed by atoms with E-state index in [2.05, 4.69) is 52.1 Å². The number of carbonyl (C=O) groups excluding carboxylic acids is 1. The predicted octanol–water partition coefficient (Wildman–Crippen LogP) is 4.12. The maximum absolute atomic E-state index is 11.4. The summed E-state index contributed by atoms with van der Waals surface area (Å²) in [5, 5.41) is 2.69. The number of nitrogens with one attached hydrogen (secondary N) is 1. The molecule has 0 aliphatic heterocycles. The first-order chi connectivity index (χ1) is 11.5. The lowest BCUT2D eigenvalue weighted by Gasteiger charge is -2.24. The molecule has 2 aromatic rings. The summed E-state index contributed by atoms with van der Waals surface area (Å²) in [6.45, 7) is 5.25. The summed E-state index contributed by atoms with van der Waals surface area (Å²) in [5.74, 6) is 2.71. The normalized spacial score (nSPS) is 9.92.